The zero-order valence-electron chi connectivity index (χ0n) is 22.4. The monoisotopic (exact) mass is 599 g/mol. The van der Waals surface area contributed by atoms with E-state index in [1.807, 2.05) is 52.0 Å². The standard InChI is InChI=1S/C29H34BrN3O4S/c1-19-16-20(2)22(4)29(21(19)3)38(35,36)32(5)24-10-12-25(13-11-24)37-18-28(34)31-23-14-15-33(17-23)27-9-7-6-8-26(27)30/h6-13,16,23H,14-15,17-18H2,1-5H3,(H,31,34). The second-order valence-electron chi connectivity index (χ2n) is 9.80. The first kappa shape index (κ1) is 28.0. The van der Waals surface area contributed by atoms with Crippen molar-refractivity contribution in [1.29, 1.82) is 0 Å². The molecule has 1 unspecified atom stereocenters. The topological polar surface area (TPSA) is 78.9 Å². The lowest BCUT2D eigenvalue weighted by Gasteiger charge is -2.24. The highest BCUT2D eigenvalue weighted by atomic mass is 79.9. The zero-order chi connectivity index (χ0) is 27.6. The maximum absolute atomic E-state index is 13.5. The molecule has 9 heteroatoms. The van der Waals surface area contributed by atoms with Crippen molar-refractivity contribution >= 4 is 43.2 Å². The van der Waals surface area contributed by atoms with Crippen LogP contribution in [0, 0.1) is 27.7 Å². The number of sulfonamides is 1. The van der Waals surface area contributed by atoms with Gasteiger partial charge in [-0.05, 0) is 109 Å². The fourth-order valence-electron chi connectivity index (χ4n) is 4.82. The molecule has 1 amide bonds. The maximum Gasteiger partial charge on any atom is 0.264 e. The molecule has 3 aromatic carbocycles. The largest absolute Gasteiger partial charge is 0.484 e. The average Bonchev–Trinajstić information content (AvgIpc) is 3.34. The molecule has 0 aromatic heterocycles. The molecule has 0 radical (unpaired) electrons. The van der Waals surface area contributed by atoms with Crippen molar-refractivity contribution in [2.45, 2.75) is 45.1 Å². The molecule has 1 saturated heterocycles. The van der Waals surface area contributed by atoms with E-state index < -0.39 is 10.0 Å². The third kappa shape index (κ3) is 5.83. The Morgan fingerprint density at radius 1 is 1.05 bits per heavy atom. The Labute approximate surface area is 234 Å². The fourth-order valence-corrected chi connectivity index (χ4v) is 7.12. The quantitative estimate of drug-likeness (QED) is 0.381. The number of hydrogen-bond acceptors (Lipinski definition) is 5. The molecule has 1 N–H and O–H groups in total. The Hall–Kier alpha value is -3.04. The minimum Gasteiger partial charge on any atom is -0.484 e. The van der Waals surface area contributed by atoms with E-state index in [9.17, 15) is 13.2 Å². The Kier molecular flexibility index (Phi) is 8.37. The van der Waals surface area contributed by atoms with Crippen molar-refractivity contribution in [3.8, 4) is 5.75 Å². The summed E-state index contributed by atoms with van der Waals surface area (Å²) in [6.07, 6.45) is 0.863. The highest BCUT2D eigenvalue weighted by Gasteiger charge is 2.27. The van der Waals surface area contributed by atoms with Crippen LogP contribution in [0.1, 0.15) is 28.7 Å². The van der Waals surface area contributed by atoms with Crippen LogP contribution in [0.3, 0.4) is 0 Å². The van der Waals surface area contributed by atoms with E-state index in [0.717, 1.165) is 51.9 Å². The third-order valence-electron chi connectivity index (χ3n) is 7.23. The Balaban J connectivity index is 1.35. The maximum atomic E-state index is 13.5. The number of amides is 1. The first-order valence-corrected chi connectivity index (χ1v) is 14.8. The molecule has 38 heavy (non-hydrogen) atoms. The van der Waals surface area contributed by atoms with Crippen LogP contribution in [-0.2, 0) is 14.8 Å². The van der Waals surface area contributed by atoms with E-state index in [2.05, 4.69) is 32.2 Å². The molecule has 0 spiro atoms. The number of nitrogens with one attached hydrogen (secondary N) is 1. The molecule has 0 bridgehead atoms. The molecule has 1 heterocycles. The van der Waals surface area contributed by atoms with Gasteiger partial charge in [-0.25, -0.2) is 8.42 Å². The predicted molar refractivity (Wildman–Crippen MR) is 156 cm³/mol. The molecular formula is C29H34BrN3O4S. The molecule has 7 nitrogen and oxygen atoms in total. The van der Waals surface area contributed by atoms with Gasteiger partial charge in [0, 0.05) is 30.7 Å². The van der Waals surface area contributed by atoms with Crippen LogP contribution in [0.15, 0.2) is 64.0 Å². The van der Waals surface area contributed by atoms with Crippen molar-refractivity contribution in [2.75, 3.05) is 35.9 Å². The molecule has 0 saturated carbocycles. The zero-order valence-corrected chi connectivity index (χ0v) is 24.8. The highest BCUT2D eigenvalue weighted by molar-refractivity contribution is 9.10. The van der Waals surface area contributed by atoms with Gasteiger partial charge in [-0.2, -0.15) is 0 Å². The van der Waals surface area contributed by atoms with Gasteiger partial charge in [0.15, 0.2) is 6.61 Å². The smallest absolute Gasteiger partial charge is 0.264 e. The Morgan fingerprint density at radius 2 is 1.68 bits per heavy atom. The summed E-state index contributed by atoms with van der Waals surface area (Å²) in [5.74, 6) is 0.309. The summed E-state index contributed by atoms with van der Waals surface area (Å²) >= 11 is 3.59. The first-order valence-electron chi connectivity index (χ1n) is 12.6. The number of hydrogen-bond donors (Lipinski definition) is 1. The van der Waals surface area contributed by atoms with E-state index in [4.69, 9.17) is 4.74 Å². The summed E-state index contributed by atoms with van der Waals surface area (Å²) in [4.78, 5) is 15.1. The lowest BCUT2D eigenvalue weighted by molar-refractivity contribution is -0.123. The number of ether oxygens (including phenoxy) is 1. The van der Waals surface area contributed by atoms with Gasteiger partial charge in [0.2, 0.25) is 0 Å². The Bertz CT molecular complexity index is 1410. The number of nitrogens with zero attached hydrogens (tertiary/aromatic N) is 2. The number of halogens is 1. The second-order valence-corrected chi connectivity index (χ2v) is 12.6. The van der Waals surface area contributed by atoms with E-state index in [0.29, 0.717) is 16.3 Å². The summed E-state index contributed by atoms with van der Waals surface area (Å²) < 4.78 is 35.0. The number of carbonyl (C=O) groups is 1. The number of rotatable bonds is 8. The van der Waals surface area contributed by atoms with Gasteiger partial charge in [-0.1, -0.05) is 18.2 Å². The van der Waals surface area contributed by atoms with Gasteiger partial charge in [-0.15, -0.1) is 0 Å². The average molecular weight is 601 g/mol. The summed E-state index contributed by atoms with van der Waals surface area (Å²) in [6, 6.07) is 16.9. The second kappa shape index (κ2) is 11.4. The van der Waals surface area contributed by atoms with Crippen LogP contribution in [0.25, 0.3) is 0 Å². The van der Waals surface area contributed by atoms with Crippen molar-refractivity contribution < 1.29 is 17.9 Å². The van der Waals surface area contributed by atoms with Crippen LogP contribution < -0.4 is 19.3 Å². The minimum atomic E-state index is -3.76. The fraction of sp³-hybridized carbons (Fsp3) is 0.345. The third-order valence-corrected chi connectivity index (χ3v) is 9.96. The molecule has 4 rings (SSSR count). The van der Waals surface area contributed by atoms with E-state index in [1.54, 1.807) is 31.3 Å². The number of benzene rings is 3. The first-order chi connectivity index (χ1) is 18.0. The molecule has 3 aromatic rings. The van der Waals surface area contributed by atoms with Crippen molar-refractivity contribution in [2.24, 2.45) is 0 Å². The molecule has 0 aliphatic carbocycles. The van der Waals surface area contributed by atoms with Crippen molar-refractivity contribution in [3.05, 3.63) is 81.3 Å². The number of para-hydroxylation sites is 1. The summed E-state index contributed by atoms with van der Waals surface area (Å²) in [7, 11) is -2.21. The summed E-state index contributed by atoms with van der Waals surface area (Å²) in [5, 5.41) is 3.05. The van der Waals surface area contributed by atoms with E-state index >= 15 is 0 Å². The summed E-state index contributed by atoms with van der Waals surface area (Å²) in [6.45, 7) is 9.03. The number of aryl methyl sites for hydroxylation is 2. The van der Waals surface area contributed by atoms with Gasteiger partial charge in [0.25, 0.3) is 15.9 Å². The molecular weight excluding hydrogens is 566 g/mol. The molecule has 202 valence electrons. The van der Waals surface area contributed by atoms with E-state index in [1.165, 1.54) is 4.31 Å². The minimum absolute atomic E-state index is 0.0524. The lowest BCUT2D eigenvalue weighted by Crippen LogP contribution is -2.39. The van der Waals surface area contributed by atoms with Gasteiger partial charge in [0.1, 0.15) is 5.75 Å². The lowest BCUT2D eigenvalue weighted by atomic mass is 10.0. The normalized spacial score (nSPS) is 15.4. The molecule has 1 aliphatic heterocycles. The predicted octanol–water partition coefficient (Wildman–Crippen LogP) is 5.28. The number of anilines is 2. The Morgan fingerprint density at radius 3 is 2.32 bits per heavy atom. The van der Waals surface area contributed by atoms with Crippen molar-refractivity contribution in [3.63, 3.8) is 0 Å². The molecule has 1 fully saturated rings. The van der Waals surface area contributed by atoms with Crippen LogP contribution in [0.4, 0.5) is 11.4 Å². The van der Waals surface area contributed by atoms with Crippen molar-refractivity contribution in [1.82, 2.24) is 5.32 Å². The molecule has 1 aliphatic rings. The van der Waals surface area contributed by atoms with Crippen LogP contribution in [0.5, 0.6) is 5.75 Å². The van der Waals surface area contributed by atoms with Gasteiger partial charge in [0.05, 0.1) is 16.3 Å². The van der Waals surface area contributed by atoms with Gasteiger partial charge < -0.3 is 15.0 Å². The SMILES string of the molecule is Cc1cc(C)c(C)c(S(=O)(=O)N(C)c2ccc(OCC(=O)NC3CCN(c4ccccc4Br)C3)cc2)c1C. The van der Waals surface area contributed by atoms with E-state index in [-0.39, 0.29) is 18.6 Å². The van der Waals surface area contributed by atoms with Crippen LogP contribution in [-0.4, -0.2) is 47.1 Å². The van der Waals surface area contributed by atoms with Gasteiger partial charge >= 0.3 is 0 Å². The van der Waals surface area contributed by atoms with Crippen LogP contribution in [0.2, 0.25) is 0 Å². The molecule has 1 atom stereocenters. The number of carbonyl (C=O) groups excluding carboxylic acids is 1. The van der Waals surface area contributed by atoms with Crippen LogP contribution >= 0.6 is 15.9 Å². The highest BCUT2D eigenvalue weighted by Crippen LogP contribution is 2.31. The summed E-state index contributed by atoms with van der Waals surface area (Å²) in [5.41, 5.74) is 5.04. The van der Waals surface area contributed by atoms with Gasteiger partial charge in [-0.3, -0.25) is 9.10 Å².